The van der Waals surface area contributed by atoms with Crippen LogP contribution in [0.3, 0.4) is 0 Å². The lowest BCUT2D eigenvalue weighted by atomic mass is 9.96. The quantitative estimate of drug-likeness (QED) is 0.913. The summed E-state index contributed by atoms with van der Waals surface area (Å²) in [6, 6.07) is 11.8. The van der Waals surface area contributed by atoms with Gasteiger partial charge in [0.1, 0.15) is 11.6 Å². The van der Waals surface area contributed by atoms with Gasteiger partial charge in [0.2, 0.25) is 5.91 Å². The lowest BCUT2D eigenvalue weighted by Gasteiger charge is -2.32. The molecule has 1 saturated heterocycles. The van der Waals surface area contributed by atoms with Gasteiger partial charge in [-0.05, 0) is 42.7 Å². The number of likely N-dealkylation sites (tertiary alicyclic amines) is 1. The topological polar surface area (TPSA) is 49.4 Å². The average molecular weight is 358 g/mol. The highest BCUT2D eigenvalue weighted by atomic mass is 19.1. The number of nitrogens with zero attached hydrogens (tertiary/aromatic N) is 1. The van der Waals surface area contributed by atoms with Crippen molar-refractivity contribution < 1.29 is 18.4 Å². The molecule has 136 valence electrons. The number of carbonyl (C=O) groups excluding carboxylic acids is 2. The largest absolute Gasteiger partial charge is 0.352 e. The van der Waals surface area contributed by atoms with Crippen LogP contribution >= 0.6 is 0 Å². The van der Waals surface area contributed by atoms with Gasteiger partial charge in [0.15, 0.2) is 0 Å². The summed E-state index contributed by atoms with van der Waals surface area (Å²) in [5, 5.41) is 2.83. The summed E-state index contributed by atoms with van der Waals surface area (Å²) in [6.07, 6.45) is 1.37. The fourth-order valence-electron chi connectivity index (χ4n) is 3.12. The van der Waals surface area contributed by atoms with Crippen LogP contribution in [0.15, 0.2) is 48.5 Å². The van der Waals surface area contributed by atoms with Crippen molar-refractivity contribution in [2.75, 3.05) is 13.1 Å². The Kier molecular flexibility index (Phi) is 5.61. The van der Waals surface area contributed by atoms with E-state index in [0.29, 0.717) is 25.9 Å². The molecule has 0 radical (unpaired) electrons. The SMILES string of the molecule is O=C(NCc1ccc(F)cc1)[C@@H]1CCCN(C(=O)c2ccccc2F)C1. The summed E-state index contributed by atoms with van der Waals surface area (Å²) in [7, 11) is 0. The van der Waals surface area contributed by atoms with Crippen LogP contribution in [0.2, 0.25) is 0 Å². The maximum Gasteiger partial charge on any atom is 0.256 e. The summed E-state index contributed by atoms with van der Waals surface area (Å²) < 4.78 is 26.7. The number of piperidine rings is 1. The van der Waals surface area contributed by atoms with Crippen molar-refractivity contribution >= 4 is 11.8 Å². The molecule has 2 aromatic rings. The molecule has 0 aliphatic carbocycles. The van der Waals surface area contributed by atoms with Crippen LogP contribution in [0.4, 0.5) is 8.78 Å². The molecule has 1 fully saturated rings. The fraction of sp³-hybridized carbons (Fsp3) is 0.300. The van der Waals surface area contributed by atoms with Gasteiger partial charge >= 0.3 is 0 Å². The third kappa shape index (κ3) is 4.25. The van der Waals surface area contributed by atoms with Gasteiger partial charge in [-0.25, -0.2) is 8.78 Å². The average Bonchev–Trinajstić information content (AvgIpc) is 2.67. The smallest absolute Gasteiger partial charge is 0.256 e. The molecule has 6 heteroatoms. The molecule has 4 nitrogen and oxygen atoms in total. The minimum absolute atomic E-state index is 0.0277. The second kappa shape index (κ2) is 8.08. The van der Waals surface area contributed by atoms with Gasteiger partial charge in [-0.1, -0.05) is 24.3 Å². The highest BCUT2D eigenvalue weighted by Crippen LogP contribution is 2.20. The molecule has 1 N–H and O–H groups in total. The van der Waals surface area contributed by atoms with Crippen LogP contribution in [0.25, 0.3) is 0 Å². The Balaban J connectivity index is 1.59. The first-order chi connectivity index (χ1) is 12.5. The molecule has 0 aromatic heterocycles. The number of halogens is 2. The van der Waals surface area contributed by atoms with Crippen LogP contribution in [0.5, 0.6) is 0 Å². The molecular weight excluding hydrogens is 338 g/mol. The zero-order valence-electron chi connectivity index (χ0n) is 14.3. The van der Waals surface area contributed by atoms with Gasteiger partial charge in [-0.3, -0.25) is 9.59 Å². The Morgan fingerprint density at radius 1 is 1.08 bits per heavy atom. The summed E-state index contributed by atoms with van der Waals surface area (Å²) in [5.74, 6) is -1.76. The number of nitrogens with one attached hydrogen (secondary N) is 1. The first kappa shape index (κ1) is 18.0. The zero-order chi connectivity index (χ0) is 18.5. The predicted molar refractivity (Wildman–Crippen MR) is 93.3 cm³/mol. The third-order valence-electron chi connectivity index (χ3n) is 4.56. The molecule has 3 rings (SSSR count). The van der Waals surface area contributed by atoms with Crippen LogP contribution in [-0.2, 0) is 11.3 Å². The minimum Gasteiger partial charge on any atom is -0.352 e. The Labute approximate surface area is 150 Å². The maximum absolute atomic E-state index is 13.8. The van der Waals surface area contributed by atoms with Crippen LogP contribution in [-0.4, -0.2) is 29.8 Å². The van der Waals surface area contributed by atoms with E-state index in [1.54, 1.807) is 18.2 Å². The van der Waals surface area contributed by atoms with Crippen LogP contribution in [0.1, 0.15) is 28.8 Å². The first-order valence-corrected chi connectivity index (χ1v) is 8.60. The number of benzene rings is 2. The molecule has 0 spiro atoms. The van der Waals surface area contributed by atoms with E-state index in [-0.39, 0.29) is 35.7 Å². The fourth-order valence-corrected chi connectivity index (χ4v) is 3.12. The van der Waals surface area contributed by atoms with Crippen molar-refractivity contribution in [1.29, 1.82) is 0 Å². The van der Waals surface area contributed by atoms with E-state index < -0.39 is 5.82 Å². The van der Waals surface area contributed by atoms with E-state index >= 15 is 0 Å². The van der Waals surface area contributed by atoms with Crippen LogP contribution < -0.4 is 5.32 Å². The first-order valence-electron chi connectivity index (χ1n) is 8.60. The highest BCUT2D eigenvalue weighted by molar-refractivity contribution is 5.95. The zero-order valence-corrected chi connectivity index (χ0v) is 14.3. The lowest BCUT2D eigenvalue weighted by Crippen LogP contribution is -2.45. The van der Waals surface area contributed by atoms with Gasteiger partial charge < -0.3 is 10.2 Å². The van der Waals surface area contributed by atoms with E-state index in [1.807, 2.05) is 0 Å². The number of hydrogen-bond donors (Lipinski definition) is 1. The Hall–Kier alpha value is -2.76. The van der Waals surface area contributed by atoms with Crippen molar-refractivity contribution in [3.63, 3.8) is 0 Å². The van der Waals surface area contributed by atoms with Gasteiger partial charge in [0, 0.05) is 19.6 Å². The maximum atomic E-state index is 13.8. The molecule has 2 aromatic carbocycles. The van der Waals surface area contributed by atoms with Gasteiger partial charge in [0.25, 0.3) is 5.91 Å². The van der Waals surface area contributed by atoms with E-state index in [2.05, 4.69) is 5.32 Å². The normalized spacial score (nSPS) is 17.0. The van der Waals surface area contributed by atoms with Crippen molar-refractivity contribution in [3.05, 3.63) is 71.3 Å². The Morgan fingerprint density at radius 2 is 1.81 bits per heavy atom. The summed E-state index contributed by atoms with van der Waals surface area (Å²) in [6.45, 7) is 1.08. The summed E-state index contributed by atoms with van der Waals surface area (Å²) >= 11 is 0. The van der Waals surface area contributed by atoms with Crippen LogP contribution in [0, 0.1) is 17.6 Å². The van der Waals surface area contributed by atoms with Crippen molar-refractivity contribution in [2.24, 2.45) is 5.92 Å². The highest BCUT2D eigenvalue weighted by Gasteiger charge is 2.29. The third-order valence-corrected chi connectivity index (χ3v) is 4.56. The van der Waals surface area contributed by atoms with Crippen molar-refractivity contribution in [1.82, 2.24) is 10.2 Å². The van der Waals surface area contributed by atoms with Crippen molar-refractivity contribution in [3.8, 4) is 0 Å². The number of carbonyl (C=O) groups is 2. The van der Waals surface area contributed by atoms with E-state index in [9.17, 15) is 18.4 Å². The monoisotopic (exact) mass is 358 g/mol. The predicted octanol–water partition coefficient (Wildman–Crippen LogP) is 3.13. The Morgan fingerprint density at radius 3 is 2.54 bits per heavy atom. The van der Waals surface area contributed by atoms with Gasteiger partial charge in [0.05, 0.1) is 11.5 Å². The molecule has 0 unspecified atom stereocenters. The molecule has 0 saturated carbocycles. The molecule has 1 aliphatic rings. The minimum atomic E-state index is -0.555. The van der Waals surface area contributed by atoms with E-state index in [1.165, 1.54) is 35.2 Å². The van der Waals surface area contributed by atoms with E-state index in [4.69, 9.17) is 0 Å². The molecule has 1 atom stereocenters. The second-order valence-corrected chi connectivity index (χ2v) is 6.41. The van der Waals surface area contributed by atoms with Gasteiger partial charge in [-0.15, -0.1) is 0 Å². The molecule has 0 bridgehead atoms. The lowest BCUT2D eigenvalue weighted by molar-refractivity contribution is -0.126. The van der Waals surface area contributed by atoms with Gasteiger partial charge in [-0.2, -0.15) is 0 Å². The summed E-state index contributed by atoms with van der Waals surface area (Å²) in [5.41, 5.74) is 0.828. The van der Waals surface area contributed by atoms with Crippen molar-refractivity contribution in [2.45, 2.75) is 19.4 Å². The molecule has 1 aliphatic heterocycles. The molecule has 26 heavy (non-hydrogen) atoms. The van der Waals surface area contributed by atoms with E-state index in [0.717, 1.165) is 5.56 Å². The number of rotatable bonds is 4. The molecule has 2 amide bonds. The second-order valence-electron chi connectivity index (χ2n) is 6.41. The molecular formula is C20H20F2N2O2. The summed E-state index contributed by atoms with van der Waals surface area (Å²) in [4.78, 5) is 26.5. The Bertz CT molecular complexity index is 793. The number of amides is 2. The molecule has 1 heterocycles. The number of hydrogen-bond acceptors (Lipinski definition) is 2. The standard InChI is InChI=1S/C20H20F2N2O2/c21-16-9-7-14(8-10-16)12-23-19(25)15-4-3-11-24(13-15)20(26)17-5-1-2-6-18(17)22/h1-2,5-10,15H,3-4,11-13H2,(H,23,25)/t15-/m1/s1.